The third kappa shape index (κ3) is 3.31. The van der Waals surface area contributed by atoms with Gasteiger partial charge < -0.3 is 9.47 Å². The fraction of sp³-hybridized carbons (Fsp3) is 0.0588. The Hall–Kier alpha value is -2.43. The first-order chi connectivity index (χ1) is 12.9. The van der Waals surface area contributed by atoms with E-state index in [2.05, 4.69) is 15.9 Å². The van der Waals surface area contributed by atoms with Crippen LogP contribution in [-0.4, -0.2) is 21.9 Å². The second-order valence-electron chi connectivity index (χ2n) is 5.52. The fourth-order valence-electron chi connectivity index (χ4n) is 2.62. The first-order valence-electron chi connectivity index (χ1n) is 7.55. The maximum Gasteiger partial charge on any atom is 0.271 e. The minimum atomic E-state index is -0.513. The van der Waals surface area contributed by atoms with Crippen molar-refractivity contribution in [2.45, 2.75) is 0 Å². The van der Waals surface area contributed by atoms with Gasteiger partial charge in [0.15, 0.2) is 15.8 Å². The number of rotatable bonds is 3. The summed E-state index contributed by atoms with van der Waals surface area (Å²) in [4.78, 5) is 25.0. The molecule has 2 aliphatic rings. The molecule has 1 fully saturated rings. The number of anilines is 1. The number of halogens is 1. The topological polar surface area (TPSA) is 81.9 Å². The minimum absolute atomic E-state index is 0.107. The lowest BCUT2D eigenvalue weighted by Gasteiger charge is -2.14. The highest BCUT2D eigenvalue weighted by molar-refractivity contribution is 9.10. The van der Waals surface area contributed by atoms with Crippen molar-refractivity contribution in [3.63, 3.8) is 0 Å². The van der Waals surface area contributed by atoms with Crippen LogP contribution in [0.3, 0.4) is 0 Å². The lowest BCUT2D eigenvalue weighted by atomic mass is 10.2. The van der Waals surface area contributed by atoms with Gasteiger partial charge in [0.2, 0.25) is 6.79 Å². The van der Waals surface area contributed by atoms with Gasteiger partial charge >= 0.3 is 0 Å². The first kappa shape index (κ1) is 18.0. The van der Waals surface area contributed by atoms with Gasteiger partial charge in [-0.15, -0.1) is 0 Å². The quantitative estimate of drug-likeness (QED) is 0.286. The summed E-state index contributed by atoms with van der Waals surface area (Å²) < 4.78 is 11.7. The first-order valence-corrected chi connectivity index (χ1v) is 9.57. The molecule has 0 saturated carbocycles. The Bertz CT molecular complexity index is 1040. The van der Waals surface area contributed by atoms with Crippen LogP contribution in [0.4, 0.5) is 11.4 Å². The third-order valence-corrected chi connectivity index (χ3v) is 5.86. The Morgan fingerprint density at radius 2 is 2.00 bits per heavy atom. The summed E-state index contributed by atoms with van der Waals surface area (Å²) in [6, 6.07) is 9.36. The number of nitrogens with zero attached hydrogens (tertiary/aromatic N) is 2. The lowest BCUT2D eigenvalue weighted by Crippen LogP contribution is -2.27. The minimum Gasteiger partial charge on any atom is -0.454 e. The van der Waals surface area contributed by atoms with E-state index >= 15 is 0 Å². The molecule has 2 aromatic rings. The molecule has 1 amide bonds. The van der Waals surface area contributed by atoms with E-state index in [-0.39, 0.29) is 18.4 Å². The summed E-state index contributed by atoms with van der Waals surface area (Å²) in [5, 5.41) is 11.0. The molecule has 10 heteroatoms. The summed E-state index contributed by atoms with van der Waals surface area (Å²) in [6.07, 6.45) is 1.70. The number of nitro groups is 1. The molecule has 0 radical (unpaired) electrons. The van der Waals surface area contributed by atoms with Gasteiger partial charge in [0, 0.05) is 16.6 Å². The van der Waals surface area contributed by atoms with Gasteiger partial charge in [-0.2, -0.15) is 0 Å². The lowest BCUT2D eigenvalue weighted by molar-refractivity contribution is -0.384. The van der Waals surface area contributed by atoms with Crippen LogP contribution in [0.25, 0.3) is 6.08 Å². The van der Waals surface area contributed by atoms with Crippen LogP contribution in [0, 0.1) is 10.1 Å². The molecule has 0 aromatic heterocycles. The van der Waals surface area contributed by atoms with Crippen molar-refractivity contribution in [3.8, 4) is 11.5 Å². The van der Waals surface area contributed by atoms with Crippen molar-refractivity contribution < 1.29 is 19.2 Å². The number of thiocarbonyl (C=S) groups is 1. The smallest absolute Gasteiger partial charge is 0.271 e. The predicted molar refractivity (Wildman–Crippen MR) is 109 cm³/mol. The largest absolute Gasteiger partial charge is 0.454 e. The number of thioether (sulfide) groups is 1. The number of carbonyl (C=O) groups is 1. The third-order valence-electron chi connectivity index (χ3n) is 3.87. The molecule has 136 valence electrons. The number of hydrogen-bond donors (Lipinski definition) is 0. The predicted octanol–water partition coefficient (Wildman–Crippen LogP) is 4.49. The van der Waals surface area contributed by atoms with Crippen molar-refractivity contribution >= 4 is 67.6 Å². The summed E-state index contributed by atoms with van der Waals surface area (Å²) in [5.41, 5.74) is 0.989. The average molecular weight is 465 g/mol. The number of ether oxygens (including phenoxy) is 2. The van der Waals surface area contributed by atoms with E-state index in [9.17, 15) is 14.9 Å². The summed E-state index contributed by atoms with van der Waals surface area (Å²) in [5.74, 6) is 0.886. The number of hydrogen-bond acceptors (Lipinski definition) is 7. The Balaban J connectivity index is 1.68. The van der Waals surface area contributed by atoms with E-state index in [4.69, 9.17) is 21.7 Å². The van der Waals surface area contributed by atoms with Gasteiger partial charge in [-0.25, -0.2) is 0 Å². The molecule has 2 aromatic carbocycles. The maximum absolute atomic E-state index is 12.9. The van der Waals surface area contributed by atoms with Crippen molar-refractivity contribution in [2.75, 3.05) is 11.7 Å². The van der Waals surface area contributed by atoms with E-state index in [1.165, 1.54) is 23.1 Å². The summed E-state index contributed by atoms with van der Waals surface area (Å²) in [6.45, 7) is 0.153. The highest BCUT2D eigenvalue weighted by Crippen LogP contribution is 2.41. The van der Waals surface area contributed by atoms with Gasteiger partial charge in [0.05, 0.1) is 15.5 Å². The Labute approximate surface area is 171 Å². The van der Waals surface area contributed by atoms with Crippen molar-refractivity contribution in [1.82, 2.24) is 0 Å². The van der Waals surface area contributed by atoms with Crippen molar-refractivity contribution in [1.29, 1.82) is 0 Å². The average Bonchev–Trinajstić information content (AvgIpc) is 3.19. The second kappa shape index (κ2) is 6.95. The Kier molecular flexibility index (Phi) is 4.62. The van der Waals surface area contributed by atoms with Crippen LogP contribution in [0.2, 0.25) is 0 Å². The normalized spacial score (nSPS) is 17.1. The molecule has 0 aliphatic carbocycles. The number of amides is 1. The fourth-order valence-corrected chi connectivity index (χ4v) is 4.35. The van der Waals surface area contributed by atoms with Crippen LogP contribution in [-0.2, 0) is 4.79 Å². The molecule has 0 atom stereocenters. The molecule has 4 rings (SSSR count). The SMILES string of the molecule is O=C1C(=Cc2cc3c(cc2Br)OCO3)SC(=S)N1c1cccc([N+](=O)[O-])c1. The molecule has 1 saturated heterocycles. The molecule has 0 N–H and O–H groups in total. The van der Waals surface area contributed by atoms with E-state index in [0.29, 0.717) is 26.4 Å². The van der Waals surface area contributed by atoms with Crippen LogP contribution in [0.1, 0.15) is 5.56 Å². The molecule has 7 nitrogen and oxygen atoms in total. The van der Waals surface area contributed by atoms with Crippen LogP contribution in [0.5, 0.6) is 11.5 Å². The van der Waals surface area contributed by atoms with Gasteiger partial charge in [0.25, 0.3) is 11.6 Å². The molecular formula is C17H9BrN2O5S2. The van der Waals surface area contributed by atoms with E-state index in [1.54, 1.807) is 24.3 Å². The summed E-state index contributed by atoms with van der Waals surface area (Å²) >= 11 is 9.90. The molecule has 2 heterocycles. The molecule has 0 spiro atoms. The van der Waals surface area contributed by atoms with Crippen LogP contribution in [0.15, 0.2) is 45.8 Å². The van der Waals surface area contributed by atoms with E-state index in [1.807, 2.05) is 0 Å². The van der Waals surface area contributed by atoms with E-state index in [0.717, 1.165) is 21.8 Å². The number of nitro benzene ring substituents is 1. The van der Waals surface area contributed by atoms with Crippen LogP contribution < -0.4 is 14.4 Å². The van der Waals surface area contributed by atoms with Gasteiger partial charge in [-0.3, -0.25) is 19.8 Å². The molecule has 2 aliphatic heterocycles. The Morgan fingerprint density at radius 3 is 2.74 bits per heavy atom. The van der Waals surface area contributed by atoms with Gasteiger partial charge in [-0.05, 0) is 29.8 Å². The van der Waals surface area contributed by atoms with Crippen LogP contribution >= 0.6 is 39.9 Å². The van der Waals surface area contributed by atoms with Crippen molar-refractivity contribution in [3.05, 3.63) is 61.5 Å². The number of carbonyl (C=O) groups excluding carboxylic acids is 1. The number of benzene rings is 2. The van der Waals surface area contributed by atoms with Gasteiger partial charge in [0.1, 0.15) is 0 Å². The standard InChI is InChI=1S/C17H9BrN2O5S2/c18-12-7-14-13(24-8-25-14)4-9(12)5-15-16(21)19(17(26)27-15)10-2-1-3-11(6-10)20(22)23/h1-7H,8H2. The highest BCUT2D eigenvalue weighted by atomic mass is 79.9. The maximum atomic E-state index is 12.9. The molecule has 0 unspecified atom stereocenters. The molecule has 0 bridgehead atoms. The highest BCUT2D eigenvalue weighted by Gasteiger charge is 2.34. The summed E-state index contributed by atoms with van der Waals surface area (Å²) in [7, 11) is 0. The monoisotopic (exact) mass is 464 g/mol. The molecular weight excluding hydrogens is 456 g/mol. The zero-order valence-electron chi connectivity index (χ0n) is 13.4. The van der Waals surface area contributed by atoms with Crippen molar-refractivity contribution in [2.24, 2.45) is 0 Å². The zero-order valence-corrected chi connectivity index (χ0v) is 16.6. The second-order valence-corrected chi connectivity index (χ2v) is 8.05. The molecule has 27 heavy (non-hydrogen) atoms. The Morgan fingerprint density at radius 1 is 1.26 bits per heavy atom. The van der Waals surface area contributed by atoms with E-state index < -0.39 is 4.92 Å². The number of fused-ring (bicyclic) bond motifs is 1. The number of non-ortho nitro benzene ring substituents is 1. The van der Waals surface area contributed by atoms with Gasteiger partial charge in [-0.1, -0.05) is 46.0 Å². The zero-order chi connectivity index (χ0) is 19.1.